The second-order valence-corrected chi connectivity index (χ2v) is 11.4. The maximum atomic E-state index is 14.3. The summed E-state index contributed by atoms with van der Waals surface area (Å²) in [6.07, 6.45) is 3.09. The van der Waals surface area contributed by atoms with Crippen LogP contribution in [0, 0.1) is 0 Å². The van der Waals surface area contributed by atoms with Gasteiger partial charge in [-0.1, -0.05) is 61.1 Å². The zero-order valence-electron chi connectivity index (χ0n) is 26.7. The van der Waals surface area contributed by atoms with Gasteiger partial charge in [-0.15, -0.1) is 0 Å². The van der Waals surface area contributed by atoms with Gasteiger partial charge in [0.25, 0.3) is 5.56 Å². The summed E-state index contributed by atoms with van der Waals surface area (Å²) in [6, 6.07) is 20.0. The van der Waals surface area contributed by atoms with Crippen molar-refractivity contribution in [1.82, 2.24) is 4.57 Å². The molecule has 9 nitrogen and oxygen atoms in total. The molecule has 0 unspecified atom stereocenters. The van der Waals surface area contributed by atoms with E-state index in [1.165, 1.54) is 11.3 Å². The SMILES string of the molecule is CCCC1=C(C(=O)OCC)[C@@H](c2cc(OC)ccc2OC)n2c(s/c(=C\c3ccc(OCc4ccccc4)c(OCC)c3)c2=O)=N1. The molecule has 1 aliphatic heterocycles. The van der Waals surface area contributed by atoms with Gasteiger partial charge in [0.05, 0.1) is 43.2 Å². The fourth-order valence-electron chi connectivity index (χ4n) is 5.36. The van der Waals surface area contributed by atoms with E-state index in [1.54, 1.807) is 50.0 Å². The first-order valence-electron chi connectivity index (χ1n) is 15.3. The minimum Gasteiger partial charge on any atom is -0.497 e. The van der Waals surface area contributed by atoms with E-state index in [1.807, 2.05) is 62.4 Å². The van der Waals surface area contributed by atoms with E-state index in [9.17, 15) is 9.59 Å². The number of carbonyl (C=O) groups is 1. The molecule has 10 heteroatoms. The molecule has 0 bridgehead atoms. The molecule has 0 radical (unpaired) electrons. The number of hydrogen-bond acceptors (Lipinski definition) is 9. The van der Waals surface area contributed by atoms with E-state index >= 15 is 0 Å². The van der Waals surface area contributed by atoms with Crippen LogP contribution in [0.15, 0.2) is 87.8 Å². The van der Waals surface area contributed by atoms with E-state index < -0.39 is 12.0 Å². The van der Waals surface area contributed by atoms with Crippen molar-refractivity contribution >= 4 is 23.4 Å². The molecule has 5 rings (SSSR count). The Morgan fingerprint density at radius 1 is 0.913 bits per heavy atom. The van der Waals surface area contributed by atoms with Gasteiger partial charge in [0, 0.05) is 5.56 Å². The van der Waals surface area contributed by atoms with Crippen LogP contribution >= 0.6 is 11.3 Å². The molecule has 0 saturated heterocycles. The molecule has 0 amide bonds. The topological polar surface area (TPSA) is 97.6 Å². The molecule has 240 valence electrons. The van der Waals surface area contributed by atoms with Gasteiger partial charge in [-0.05, 0) is 67.8 Å². The van der Waals surface area contributed by atoms with Gasteiger partial charge in [0.15, 0.2) is 16.3 Å². The van der Waals surface area contributed by atoms with E-state index in [2.05, 4.69) is 0 Å². The summed E-state index contributed by atoms with van der Waals surface area (Å²) in [6.45, 7) is 6.71. The number of allylic oxidation sites excluding steroid dienone is 1. The molecule has 0 fully saturated rings. The van der Waals surface area contributed by atoms with Crippen LogP contribution in [0.5, 0.6) is 23.0 Å². The highest BCUT2D eigenvalue weighted by Gasteiger charge is 2.36. The lowest BCUT2D eigenvalue weighted by molar-refractivity contribution is -0.139. The van der Waals surface area contributed by atoms with Crippen molar-refractivity contribution in [3.05, 3.63) is 114 Å². The third kappa shape index (κ3) is 6.87. The first kappa shape index (κ1) is 32.6. The number of hydrogen-bond donors (Lipinski definition) is 0. The minimum atomic E-state index is -0.836. The third-order valence-electron chi connectivity index (χ3n) is 7.43. The Balaban J connectivity index is 1.65. The zero-order chi connectivity index (χ0) is 32.6. The lowest BCUT2D eigenvalue weighted by Crippen LogP contribution is -2.40. The monoisotopic (exact) mass is 642 g/mol. The Morgan fingerprint density at radius 3 is 2.39 bits per heavy atom. The van der Waals surface area contributed by atoms with E-state index in [-0.39, 0.29) is 12.2 Å². The molecular formula is C36H38N2O7S. The van der Waals surface area contributed by atoms with Gasteiger partial charge in [0.1, 0.15) is 24.1 Å². The largest absolute Gasteiger partial charge is 0.497 e. The third-order valence-corrected chi connectivity index (χ3v) is 8.41. The molecule has 2 heterocycles. The van der Waals surface area contributed by atoms with Crippen LogP contribution < -0.4 is 33.8 Å². The predicted molar refractivity (Wildman–Crippen MR) is 178 cm³/mol. The molecule has 4 aromatic rings. The van der Waals surface area contributed by atoms with Gasteiger partial charge in [-0.25, -0.2) is 9.79 Å². The molecule has 0 N–H and O–H groups in total. The van der Waals surface area contributed by atoms with E-state index in [0.717, 1.165) is 17.5 Å². The van der Waals surface area contributed by atoms with Gasteiger partial charge >= 0.3 is 5.97 Å². The number of methoxy groups -OCH3 is 2. The van der Waals surface area contributed by atoms with E-state index in [4.69, 9.17) is 28.7 Å². The molecule has 1 aromatic heterocycles. The predicted octanol–water partition coefficient (Wildman–Crippen LogP) is 5.57. The van der Waals surface area contributed by atoms with Crippen molar-refractivity contribution in [2.24, 2.45) is 4.99 Å². The van der Waals surface area contributed by atoms with E-state index in [0.29, 0.717) is 68.8 Å². The van der Waals surface area contributed by atoms with Crippen LogP contribution in [-0.2, 0) is 16.1 Å². The lowest BCUT2D eigenvalue weighted by Gasteiger charge is -2.27. The first-order chi connectivity index (χ1) is 22.4. The second kappa shape index (κ2) is 15.0. The van der Waals surface area contributed by atoms with Crippen LogP contribution in [-0.4, -0.2) is 38.0 Å². The highest BCUT2D eigenvalue weighted by Crippen LogP contribution is 2.39. The molecular weight excluding hydrogens is 604 g/mol. The summed E-state index contributed by atoms with van der Waals surface area (Å²) in [7, 11) is 3.12. The maximum Gasteiger partial charge on any atom is 0.338 e. The quantitative estimate of drug-likeness (QED) is 0.176. The van der Waals surface area contributed by atoms with Gasteiger partial charge in [-0.2, -0.15) is 0 Å². The van der Waals surface area contributed by atoms with Crippen LogP contribution in [0.2, 0.25) is 0 Å². The van der Waals surface area contributed by atoms with Crippen molar-refractivity contribution in [3.63, 3.8) is 0 Å². The number of esters is 1. The van der Waals surface area contributed by atoms with Crippen molar-refractivity contribution in [2.45, 2.75) is 46.3 Å². The van der Waals surface area contributed by atoms with Crippen molar-refractivity contribution in [2.75, 3.05) is 27.4 Å². The summed E-state index contributed by atoms with van der Waals surface area (Å²) >= 11 is 1.26. The highest BCUT2D eigenvalue weighted by atomic mass is 32.1. The molecule has 1 aliphatic rings. The molecule has 1 atom stereocenters. The number of aromatic nitrogens is 1. The highest BCUT2D eigenvalue weighted by molar-refractivity contribution is 7.07. The average molecular weight is 643 g/mol. The summed E-state index contributed by atoms with van der Waals surface area (Å²) in [5, 5.41) is 0. The fourth-order valence-corrected chi connectivity index (χ4v) is 6.38. The molecule has 0 aliphatic carbocycles. The summed E-state index contributed by atoms with van der Waals surface area (Å²) < 4.78 is 30.8. The average Bonchev–Trinajstić information content (AvgIpc) is 3.38. The fraction of sp³-hybridized carbons (Fsp3) is 0.306. The van der Waals surface area contributed by atoms with Crippen LogP contribution in [0.1, 0.15) is 56.3 Å². The van der Waals surface area contributed by atoms with Crippen LogP contribution in [0.4, 0.5) is 0 Å². The molecule has 3 aromatic carbocycles. The van der Waals surface area contributed by atoms with Gasteiger partial charge in [0.2, 0.25) is 0 Å². The standard InChI is InChI=1S/C36H38N2O7S/c1-6-12-27-32(35(40)44-8-3)33(26-21-25(41-4)16-18-28(26)42-5)38-34(39)31(46-36(38)37-27)20-24-15-17-29(30(19-24)43-7-2)45-22-23-13-10-9-11-14-23/h9-11,13-21,33H,6-8,12,22H2,1-5H3/b31-20-/t33-/m1/s1. The summed E-state index contributed by atoms with van der Waals surface area (Å²) in [4.78, 5) is 33.2. The normalized spacial score (nSPS) is 14.4. The molecule has 0 saturated carbocycles. The smallest absolute Gasteiger partial charge is 0.338 e. The number of fused-ring (bicyclic) bond motifs is 1. The number of carbonyl (C=O) groups excluding carboxylic acids is 1. The van der Waals surface area contributed by atoms with Crippen molar-refractivity contribution in [3.8, 4) is 23.0 Å². The molecule has 46 heavy (non-hydrogen) atoms. The maximum absolute atomic E-state index is 14.3. The second-order valence-electron chi connectivity index (χ2n) is 10.4. The van der Waals surface area contributed by atoms with Crippen molar-refractivity contribution < 1.29 is 28.5 Å². The summed E-state index contributed by atoms with van der Waals surface area (Å²) in [5.41, 5.74) is 3.00. The first-order valence-corrected chi connectivity index (χ1v) is 16.1. The molecule has 0 spiro atoms. The summed E-state index contributed by atoms with van der Waals surface area (Å²) in [5.74, 6) is 1.73. The Morgan fingerprint density at radius 2 is 1.70 bits per heavy atom. The van der Waals surface area contributed by atoms with Crippen LogP contribution in [0.25, 0.3) is 6.08 Å². The number of thiazole rings is 1. The zero-order valence-corrected chi connectivity index (χ0v) is 27.5. The number of ether oxygens (including phenoxy) is 5. The Kier molecular flexibility index (Phi) is 10.6. The lowest BCUT2D eigenvalue weighted by atomic mass is 9.93. The van der Waals surface area contributed by atoms with Gasteiger partial charge < -0.3 is 23.7 Å². The Hall–Kier alpha value is -4.83. The Bertz CT molecular complexity index is 1910. The number of benzene rings is 3. The van der Waals surface area contributed by atoms with Crippen molar-refractivity contribution in [1.29, 1.82) is 0 Å². The van der Waals surface area contributed by atoms with Gasteiger partial charge in [-0.3, -0.25) is 9.36 Å². The number of nitrogens with zero attached hydrogens (tertiary/aromatic N) is 2. The minimum absolute atomic E-state index is 0.182. The number of rotatable bonds is 13. The Labute approximate surface area is 272 Å². The van der Waals surface area contributed by atoms with Crippen LogP contribution in [0.3, 0.4) is 0 Å².